The van der Waals surface area contributed by atoms with Crippen molar-refractivity contribution >= 4 is 35.0 Å². The topological polar surface area (TPSA) is 52.6 Å². The maximum absolute atomic E-state index is 11.7. The summed E-state index contributed by atoms with van der Waals surface area (Å²) in [5.41, 5.74) is 0.567. The Bertz CT molecular complexity index is 676. The Hall–Kier alpha value is -2.04. The number of ether oxygens (including phenoxy) is 2. The van der Waals surface area contributed by atoms with Gasteiger partial charge in [-0.2, -0.15) is 0 Å². The fraction of sp³-hybridized carbons (Fsp3) is 0.125. The van der Waals surface area contributed by atoms with Crippen LogP contribution in [0.5, 0.6) is 11.5 Å². The Morgan fingerprint density at radius 3 is 2.14 bits per heavy atom. The van der Waals surface area contributed by atoms with Crippen LogP contribution in [0, 0.1) is 0 Å². The van der Waals surface area contributed by atoms with Gasteiger partial charge in [0.05, 0.1) is 10.0 Å². The summed E-state index contributed by atoms with van der Waals surface area (Å²) in [7, 11) is 0. The molecule has 0 aliphatic carbocycles. The van der Waals surface area contributed by atoms with Crippen LogP contribution < -0.4 is 9.47 Å². The van der Waals surface area contributed by atoms with Crippen LogP contribution >= 0.6 is 23.2 Å². The van der Waals surface area contributed by atoms with E-state index in [-0.39, 0.29) is 28.2 Å². The largest absolute Gasteiger partial charge is 0.482 e. The van der Waals surface area contributed by atoms with Crippen LogP contribution in [-0.2, 0) is 4.79 Å². The Kier molecular flexibility index (Phi) is 5.41. The number of carbonyl (C=O) groups excluding carboxylic acids is 2. The molecule has 0 aromatic heterocycles. The van der Waals surface area contributed by atoms with Crippen molar-refractivity contribution in [3.05, 3.63) is 58.1 Å². The predicted molar refractivity (Wildman–Crippen MR) is 84.0 cm³/mol. The van der Waals surface area contributed by atoms with Crippen molar-refractivity contribution in [2.75, 3.05) is 6.61 Å². The molecule has 0 unspecified atom stereocenters. The van der Waals surface area contributed by atoms with Crippen LogP contribution in [0.1, 0.15) is 17.3 Å². The molecule has 2 aromatic rings. The highest BCUT2D eigenvalue weighted by Gasteiger charge is 2.12. The number of benzene rings is 2. The molecular weight excluding hydrogens is 327 g/mol. The predicted octanol–water partition coefficient (Wildman–Crippen LogP) is 4.18. The average Bonchev–Trinajstić information content (AvgIpc) is 2.49. The van der Waals surface area contributed by atoms with Crippen molar-refractivity contribution in [3.8, 4) is 11.5 Å². The quantitative estimate of drug-likeness (QED) is 0.466. The third kappa shape index (κ3) is 4.23. The highest BCUT2D eigenvalue weighted by Crippen LogP contribution is 2.32. The van der Waals surface area contributed by atoms with Gasteiger partial charge in [0.2, 0.25) is 0 Å². The number of hydrogen-bond acceptors (Lipinski definition) is 4. The third-order valence-electron chi connectivity index (χ3n) is 2.75. The number of hydrogen-bond donors (Lipinski definition) is 0. The second-order valence-corrected chi connectivity index (χ2v) is 5.21. The fourth-order valence-corrected chi connectivity index (χ4v) is 2.13. The van der Waals surface area contributed by atoms with Crippen molar-refractivity contribution in [1.82, 2.24) is 0 Å². The number of carbonyl (C=O) groups is 2. The van der Waals surface area contributed by atoms with Crippen molar-refractivity contribution in [2.45, 2.75) is 6.92 Å². The molecule has 0 atom stereocenters. The number of para-hydroxylation sites is 1. The zero-order chi connectivity index (χ0) is 16.1. The Balaban J connectivity index is 1.94. The SMILES string of the molecule is CC(=O)c1ccc(OCC(=O)Oc2c(Cl)cccc2Cl)cc1. The highest BCUT2D eigenvalue weighted by atomic mass is 35.5. The lowest BCUT2D eigenvalue weighted by Crippen LogP contribution is -2.18. The molecule has 0 N–H and O–H groups in total. The van der Waals surface area contributed by atoms with Gasteiger partial charge in [0.1, 0.15) is 5.75 Å². The molecule has 0 saturated heterocycles. The van der Waals surface area contributed by atoms with E-state index < -0.39 is 5.97 Å². The Morgan fingerprint density at radius 2 is 1.59 bits per heavy atom. The number of Topliss-reactive ketones (excluding diaryl/α,β-unsaturated/α-hetero) is 1. The molecule has 0 saturated carbocycles. The lowest BCUT2D eigenvalue weighted by molar-refractivity contribution is -0.136. The van der Waals surface area contributed by atoms with Crippen LogP contribution in [0.2, 0.25) is 10.0 Å². The molecule has 22 heavy (non-hydrogen) atoms. The van der Waals surface area contributed by atoms with E-state index in [1.54, 1.807) is 42.5 Å². The van der Waals surface area contributed by atoms with Crippen molar-refractivity contribution in [1.29, 1.82) is 0 Å². The summed E-state index contributed by atoms with van der Waals surface area (Å²) in [6, 6.07) is 11.2. The number of rotatable bonds is 5. The van der Waals surface area contributed by atoms with Gasteiger partial charge in [0.15, 0.2) is 18.1 Å². The molecule has 4 nitrogen and oxygen atoms in total. The molecule has 0 heterocycles. The summed E-state index contributed by atoms with van der Waals surface area (Å²) >= 11 is 11.8. The number of esters is 1. The molecule has 0 radical (unpaired) electrons. The molecule has 114 valence electrons. The van der Waals surface area contributed by atoms with E-state index in [2.05, 4.69) is 0 Å². The Labute approximate surface area is 137 Å². The van der Waals surface area contributed by atoms with Gasteiger partial charge in [-0.25, -0.2) is 4.79 Å². The second-order valence-electron chi connectivity index (χ2n) is 4.39. The second kappa shape index (κ2) is 7.29. The van der Waals surface area contributed by atoms with Gasteiger partial charge in [-0.3, -0.25) is 4.79 Å². The molecule has 0 amide bonds. The lowest BCUT2D eigenvalue weighted by Gasteiger charge is -2.09. The maximum atomic E-state index is 11.7. The van der Waals surface area contributed by atoms with Gasteiger partial charge in [-0.1, -0.05) is 29.3 Å². The summed E-state index contributed by atoms with van der Waals surface area (Å²) in [6.45, 7) is 1.17. The average molecular weight is 339 g/mol. The Morgan fingerprint density at radius 1 is 1.00 bits per heavy atom. The van der Waals surface area contributed by atoms with E-state index in [0.717, 1.165) is 0 Å². The number of halogens is 2. The van der Waals surface area contributed by atoms with Gasteiger partial charge in [0, 0.05) is 5.56 Å². The lowest BCUT2D eigenvalue weighted by atomic mass is 10.1. The van der Waals surface area contributed by atoms with Crippen molar-refractivity contribution in [3.63, 3.8) is 0 Å². The fourth-order valence-electron chi connectivity index (χ4n) is 1.65. The number of ketones is 1. The molecule has 0 aliphatic heterocycles. The zero-order valence-electron chi connectivity index (χ0n) is 11.6. The van der Waals surface area contributed by atoms with Crippen LogP contribution in [-0.4, -0.2) is 18.4 Å². The van der Waals surface area contributed by atoms with Crippen LogP contribution in [0.15, 0.2) is 42.5 Å². The normalized spacial score (nSPS) is 10.1. The van der Waals surface area contributed by atoms with Gasteiger partial charge in [-0.15, -0.1) is 0 Å². The molecule has 0 spiro atoms. The van der Waals surface area contributed by atoms with Gasteiger partial charge in [-0.05, 0) is 43.3 Å². The summed E-state index contributed by atoms with van der Waals surface area (Å²) in [6.07, 6.45) is 0. The zero-order valence-corrected chi connectivity index (χ0v) is 13.1. The minimum Gasteiger partial charge on any atom is -0.482 e. The molecule has 2 aromatic carbocycles. The van der Waals surface area contributed by atoms with Crippen LogP contribution in [0.3, 0.4) is 0 Å². The van der Waals surface area contributed by atoms with Gasteiger partial charge in [0.25, 0.3) is 0 Å². The summed E-state index contributed by atoms with van der Waals surface area (Å²) in [5, 5.41) is 0.485. The van der Waals surface area contributed by atoms with E-state index in [1.165, 1.54) is 6.92 Å². The van der Waals surface area contributed by atoms with E-state index in [9.17, 15) is 9.59 Å². The van der Waals surface area contributed by atoms with E-state index in [1.807, 2.05) is 0 Å². The van der Waals surface area contributed by atoms with Crippen LogP contribution in [0.25, 0.3) is 0 Å². The summed E-state index contributed by atoms with van der Waals surface area (Å²) in [5.74, 6) is -0.122. The van der Waals surface area contributed by atoms with Crippen LogP contribution in [0.4, 0.5) is 0 Å². The van der Waals surface area contributed by atoms with Crippen molar-refractivity contribution in [2.24, 2.45) is 0 Å². The van der Waals surface area contributed by atoms with Gasteiger partial charge >= 0.3 is 5.97 Å². The van der Waals surface area contributed by atoms with Gasteiger partial charge < -0.3 is 9.47 Å². The molecule has 0 aliphatic rings. The molecular formula is C16H12Cl2O4. The maximum Gasteiger partial charge on any atom is 0.349 e. The standard InChI is InChI=1S/C16H12Cl2O4/c1-10(19)11-5-7-12(8-6-11)21-9-15(20)22-16-13(17)3-2-4-14(16)18/h2-8H,9H2,1H3. The first-order valence-electron chi connectivity index (χ1n) is 6.36. The molecule has 0 bridgehead atoms. The first-order valence-corrected chi connectivity index (χ1v) is 7.11. The van der Waals surface area contributed by atoms with E-state index in [0.29, 0.717) is 11.3 Å². The van der Waals surface area contributed by atoms with Crippen molar-refractivity contribution < 1.29 is 19.1 Å². The summed E-state index contributed by atoms with van der Waals surface area (Å²) in [4.78, 5) is 22.9. The summed E-state index contributed by atoms with van der Waals surface area (Å²) < 4.78 is 10.4. The van der Waals surface area contributed by atoms with E-state index >= 15 is 0 Å². The highest BCUT2D eigenvalue weighted by molar-refractivity contribution is 6.37. The molecule has 2 rings (SSSR count). The molecule has 0 fully saturated rings. The molecule has 6 heteroatoms. The minimum absolute atomic E-state index is 0.0423. The van der Waals surface area contributed by atoms with E-state index in [4.69, 9.17) is 32.7 Å². The monoisotopic (exact) mass is 338 g/mol. The first-order chi connectivity index (χ1) is 10.5. The third-order valence-corrected chi connectivity index (χ3v) is 3.35. The first kappa shape index (κ1) is 16.3. The smallest absolute Gasteiger partial charge is 0.349 e. The minimum atomic E-state index is -0.634.